The topological polar surface area (TPSA) is 52.6 Å². The molecule has 0 aromatic rings. The molecule has 1 saturated heterocycles. The average Bonchev–Trinajstić information content (AvgIpc) is 2.67. The van der Waals surface area contributed by atoms with Gasteiger partial charge >= 0.3 is 11.9 Å². The van der Waals surface area contributed by atoms with Gasteiger partial charge in [-0.25, -0.2) is 9.59 Å². The minimum absolute atomic E-state index is 0.135. The molecule has 29 heavy (non-hydrogen) atoms. The first-order valence-electron chi connectivity index (χ1n) is 11.0. The third kappa shape index (κ3) is 5.28. The fourth-order valence-corrected chi connectivity index (χ4v) is 6.68. The van der Waals surface area contributed by atoms with Crippen LogP contribution >= 0.6 is 11.8 Å². The van der Waals surface area contributed by atoms with Gasteiger partial charge in [-0.3, -0.25) is 0 Å². The summed E-state index contributed by atoms with van der Waals surface area (Å²) in [5, 5.41) is 0. The SMILES string of the molecule is C=C(C)C(=O)OC1(C)C2CC3CC(C2)CC1C3.C=C(C)C(=O)OC1CCSCC1. The largest absolute Gasteiger partial charge is 0.459 e. The summed E-state index contributed by atoms with van der Waals surface area (Å²) in [6.07, 6.45) is 8.63. The summed E-state index contributed by atoms with van der Waals surface area (Å²) in [5.74, 6) is 4.79. The Bertz CT molecular complexity index is 634. The lowest BCUT2D eigenvalue weighted by Gasteiger charge is -2.59. The van der Waals surface area contributed by atoms with Crippen molar-refractivity contribution < 1.29 is 19.1 Å². The summed E-state index contributed by atoms with van der Waals surface area (Å²) in [6, 6.07) is 0. The molecule has 0 amide bonds. The van der Waals surface area contributed by atoms with Crippen molar-refractivity contribution in [3.8, 4) is 0 Å². The maximum Gasteiger partial charge on any atom is 0.333 e. The third-order valence-electron chi connectivity index (χ3n) is 7.21. The summed E-state index contributed by atoms with van der Waals surface area (Å²) in [6.45, 7) is 12.8. The van der Waals surface area contributed by atoms with E-state index >= 15 is 0 Å². The Labute approximate surface area is 179 Å². The molecule has 5 fully saturated rings. The first-order chi connectivity index (χ1) is 13.7. The molecule has 5 aliphatic rings. The highest BCUT2D eigenvalue weighted by Crippen LogP contribution is 2.59. The highest BCUT2D eigenvalue weighted by atomic mass is 32.2. The Morgan fingerprint density at radius 2 is 1.34 bits per heavy atom. The summed E-state index contributed by atoms with van der Waals surface area (Å²) >= 11 is 1.92. The van der Waals surface area contributed by atoms with Gasteiger partial charge < -0.3 is 9.47 Å². The predicted molar refractivity (Wildman–Crippen MR) is 118 cm³/mol. The van der Waals surface area contributed by atoms with Crippen molar-refractivity contribution in [3.63, 3.8) is 0 Å². The van der Waals surface area contributed by atoms with Crippen molar-refractivity contribution in [2.45, 2.75) is 77.4 Å². The van der Waals surface area contributed by atoms with Crippen molar-refractivity contribution in [1.29, 1.82) is 0 Å². The zero-order chi connectivity index (χ0) is 21.2. The number of hydrogen-bond acceptors (Lipinski definition) is 5. The molecular formula is C24H36O4S. The van der Waals surface area contributed by atoms with Crippen LogP contribution in [-0.4, -0.2) is 35.1 Å². The van der Waals surface area contributed by atoms with Crippen LogP contribution in [0.15, 0.2) is 24.3 Å². The van der Waals surface area contributed by atoms with Crippen molar-refractivity contribution in [1.82, 2.24) is 0 Å². The zero-order valence-electron chi connectivity index (χ0n) is 18.2. The lowest BCUT2D eigenvalue weighted by Crippen LogP contribution is -2.58. The van der Waals surface area contributed by atoms with Crippen molar-refractivity contribution in [3.05, 3.63) is 24.3 Å². The van der Waals surface area contributed by atoms with E-state index < -0.39 is 0 Å². The standard InChI is InChI=1S/C15H22O2.C9H14O2S/c1-9(2)14(16)17-15(3)12-5-10-4-11(7-12)8-13(15)6-10;1-7(2)9(10)11-8-3-5-12-6-4-8/h10-13H,1,4-8H2,2-3H3;8H,1,3-6H2,2H3. The molecule has 0 radical (unpaired) electrons. The van der Waals surface area contributed by atoms with Crippen molar-refractivity contribution in [2.24, 2.45) is 23.7 Å². The van der Waals surface area contributed by atoms with Gasteiger partial charge in [0.25, 0.3) is 0 Å². The third-order valence-corrected chi connectivity index (χ3v) is 8.26. The van der Waals surface area contributed by atoms with Crippen LogP contribution in [0.1, 0.15) is 65.7 Å². The quantitative estimate of drug-likeness (QED) is 0.455. The molecule has 0 aromatic carbocycles. The van der Waals surface area contributed by atoms with Crippen LogP contribution in [-0.2, 0) is 19.1 Å². The van der Waals surface area contributed by atoms with E-state index in [1.165, 1.54) is 32.1 Å². The second-order valence-electron chi connectivity index (χ2n) is 9.66. The van der Waals surface area contributed by atoms with E-state index in [1.54, 1.807) is 13.8 Å². The van der Waals surface area contributed by atoms with E-state index in [2.05, 4.69) is 20.1 Å². The molecule has 162 valence electrons. The normalized spacial score (nSPS) is 35.3. The molecule has 5 heteroatoms. The van der Waals surface area contributed by atoms with E-state index in [0.717, 1.165) is 36.2 Å². The first kappa shape index (κ1) is 22.5. The molecule has 0 aromatic heterocycles. The summed E-state index contributed by atoms with van der Waals surface area (Å²) in [7, 11) is 0. The van der Waals surface area contributed by atoms with Crippen LogP contribution in [0.2, 0.25) is 0 Å². The van der Waals surface area contributed by atoms with Crippen LogP contribution in [0.4, 0.5) is 0 Å². The maximum absolute atomic E-state index is 11.8. The second kappa shape index (κ2) is 9.28. The van der Waals surface area contributed by atoms with Gasteiger partial charge in [0.05, 0.1) is 0 Å². The Kier molecular flexibility index (Phi) is 7.19. The number of rotatable bonds is 4. The van der Waals surface area contributed by atoms with E-state index in [1.807, 2.05) is 11.8 Å². The minimum atomic E-state index is -0.244. The molecule has 1 heterocycles. The van der Waals surface area contributed by atoms with Gasteiger partial charge in [0, 0.05) is 11.1 Å². The van der Waals surface area contributed by atoms with Gasteiger partial charge in [-0.1, -0.05) is 13.2 Å². The predicted octanol–water partition coefficient (Wildman–Crippen LogP) is 5.32. The molecule has 4 saturated carbocycles. The molecule has 4 nitrogen and oxygen atoms in total. The lowest BCUT2D eigenvalue weighted by atomic mass is 9.50. The Morgan fingerprint density at radius 1 is 0.862 bits per heavy atom. The molecule has 4 aliphatic carbocycles. The Hall–Kier alpha value is -1.23. The zero-order valence-corrected chi connectivity index (χ0v) is 19.0. The molecule has 0 unspecified atom stereocenters. The molecule has 4 bridgehead atoms. The molecule has 0 N–H and O–H groups in total. The first-order valence-corrected chi connectivity index (χ1v) is 12.2. The Morgan fingerprint density at radius 3 is 1.79 bits per heavy atom. The van der Waals surface area contributed by atoms with Gasteiger partial charge in [0.15, 0.2) is 0 Å². The van der Waals surface area contributed by atoms with Gasteiger partial charge in [-0.15, -0.1) is 0 Å². The van der Waals surface area contributed by atoms with Gasteiger partial charge in [0.1, 0.15) is 11.7 Å². The summed E-state index contributed by atoms with van der Waals surface area (Å²) in [5.41, 5.74) is 0.817. The molecule has 0 spiro atoms. The summed E-state index contributed by atoms with van der Waals surface area (Å²) in [4.78, 5) is 22.9. The molecule has 5 rings (SSSR count). The number of ether oxygens (including phenoxy) is 2. The number of thioether (sulfide) groups is 1. The van der Waals surface area contributed by atoms with Crippen molar-refractivity contribution in [2.75, 3.05) is 11.5 Å². The number of carbonyl (C=O) groups excluding carboxylic acids is 2. The smallest absolute Gasteiger partial charge is 0.333 e. The van der Waals surface area contributed by atoms with Crippen LogP contribution in [0.25, 0.3) is 0 Å². The monoisotopic (exact) mass is 420 g/mol. The van der Waals surface area contributed by atoms with Crippen LogP contribution in [0, 0.1) is 23.7 Å². The molecule has 0 atom stereocenters. The fraction of sp³-hybridized carbons (Fsp3) is 0.750. The van der Waals surface area contributed by atoms with E-state index in [-0.39, 0.29) is 23.6 Å². The minimum Gasteiger partial charge on any atom is -0.459 e. The number of hydrogen-bond donors (Lipinski definition) is 0. The lowest BCUT2D eigenvalue weighted by molar-refractivity contribution is -0.199. The Balaban J connectivity index is 0.000000177. The van der Waals surface area contributed by atoms with Crippen molar-refractivity contribution >= 4 is 23.7 Å². The summed E-state index contributed by atoms with van der Waals surface area (Å²) < 4.78 is 11.0. The average molecular weight is 421 g/mol. The van der Waals surface area contributed by atoms with Gasteiger partial charge in [0.2, 0.25) is 0 Å². The van der Waals surface area contributed by atoms with Crippen LogP contribution in [0.5, 0.6) is 0 Å². The van der Waals surface area contributed by atoms with Gasteiger partial charge in [-0.2, -0.15) is 11.8 Å². The molecular weight excluding hydrogens is 384 g/mol. The van der Waals surface area contributed by atoms with E-state index in [4.69, 9.17) is 9.47 Å². The number of esters is 2. The van der Waals surface area contributed by atoms with Gasteiger partial charge in [-0.05, 0) is 101 Å². The highest BCUT2D eigenvalue weighted by molar-refractivity contribution is 7.99. The second-order valence-corrected chi connectivity index (χ2v) is 10.9. The van der Waals surface area contributed by atoms with E-state index in [9.17, 15) is 9.59 Å². The highest BCUT2D eigenvalue weighted by Gasteiger charge is 2.57. The van der Waals surface area contributed by atoms with Crippen LogP contribution < -0.4 is 0 Å². The maximum atomic E-state index is 11.8. The van der Waals surface area contributed by atoms with Crippen LogP contribution in [0.3, 0.4) is 0 Å². The fourth-order valence-electron chi connectivity index (χ4n) is 5.62. The van der Waals surface area contributed by atoms with E-state index in [0.29, 0.717) is 23.0 Å². The number of carbonyl (C=O) groups is 2. The molecule has 1 aliphatic heterocycles.